The zero-order valence-corrected chi connectivity index (χ0v) is 15.9. The van der Waals surface area contributed by atoms with Crippen molar-refractivity contribution in [2.75, 3.05) is 31.7 Å². The third-order valence-electron chi connectivity index (χ3n) is 3.95. The van der Waals surface area contributed by atoms with Gasteiger partial charge >= 0.3 is 5.97 Å². The number of morpholine rings is 1. The van der Waals surface area contributed by atoms with Crippen LogP contribution >= 0.6 is 22.9 Å². The summed E-state index contributed by atoms with van der Waals surface area (Å²) in [5.74, 6) is -2.14. The van der Waals surface area contributed by atoms with Crippen molar-refractivity contribution in [2.45, 2.75) is 6.54 Å². The van der Waals surface area contributed by atoms with Crippen molar-refractivity contribution in [3.05, 3.63) is 51.2 Å². The first-order chi connectivity index (χ1) is 13.0. The van der Waals surface area contributed by atoms with E-state index in [0.717, 1.165) is 18.0 Å². The van der Waals surface area contributed by atoms with Crippen LogP contribution in [-0.2, 0) is 16.1 Å². The summed E-state index contributed by atoms with van der Waals surface area (Å²) >= 11 is 7.48. The van der Waals surface area contributed by atoms with Gasteiger partial charge < -0.3 is 9.84 Å². The Bertz CT molecular complexity index is 848. The van der Waals surface area contributed by atoms with Gasteiger partial charge in [0.2, 0.25) is 11.5 Å². The summed E-state index contributed by atoms with van der Waals surface area (Å²) in [6, 6.07) is 10.4. The largest absolute Gasteiger partial charge is 0.476 e. The van der Waals surface area contributed by atoms with Crippen molar-refractivity contribution >= 4 is 46.1 Å². The number of carbonyl (C=O) groups is 2. The molecule has 1 aromatic carbocycles. The molecular formula is C18H18ClN3O4S. The molecule has 27 heavy (non-hydrogen) atoms. The normalized spacial score (nSPS) is 15.5. The van der Waals surface area contributed by atoms with Crippen molar-refractivity contribution < 1.29 is 19.4 Å². The van der Waals surface area contributed by atoms with Crippen molar-refractivity contribution in [1.29, 1.82) is 0 Å². The third-order valence-corrected chi connectivity index (χ3v) is 5.30. The van der Waals surface area contributed by atoms with Gasteiger partial charge in [0.15, 0.2) is 0 Å². The number of hydrazone groups is 1. The Morgan fingerprint density at radius 1 is 1.26 bits per heavy atom. The lowest BCUT2D eigenvalue weighted by Gasteiger charge is -2.25. The number of carboxylic acids is 1. The van der Waals surface area contributed by atoms with Crippen LogP contribution in [0.15, 0.2) is 41.5 Å². The lowest BCUT2D eigenvalue weighted by atomic mass is 10.1. The van der Waals surface area contributed by atoms with Crippen LogP contribution in [0.4, 0.5) is 5.69 Å². The Balaban J connectivity index is 1.76. The zero-order chi connectivity index (χ0) is 19.2. The number of para-hydroxylation sites is 1. The number of hydrogen-bond donors (Lipinski definition) is 2. The highest BCUT2D eigenvalue weighted by Crippen LogP contribution is 2.29. The van der Waals surface area contributed by atoms with Gasteiger partial charge in [0.25, 0.3) is 0 Å². The highest BCUT2D eigenvalue weighted by molar-refractivity contribution is 7.16. The molecule has 1 aliphatic rings. The SMILES string of the molecule is O=C(O)/C(=N\Nc1ccccc1)C(=O)c1cc(CN2CCOCC2)sc1Cl. The summed E-state index contributed by atoms with van der Waals surface area (Å²) in [7, 11) is 0. The Morgan fingerprint density at radius 2 is 1.96 bits per heavy atom. The first-order valence-corrected chi connectivity index (χ1v) is 9.49. The summed E-state index contributed by atoms with van der Waals surface area (Å²) in [6.45, 7) is 3.60. The number of benzene rings is 1. The number of halogens is 1. The second kappa shape index (κ2) is 9.09. The molecule has 0 unspecified atom stereocenters. The summed E-state index contributed by atoms with van der Waals surface area (Å²) in [5, 5.41) is 13.2. The maximum absolute atomic E-state index is 12.7. The fraction of sp³-hybridized carbons (Fsp3) is 0.278. The lowest BCUT2D eigenvalue weighted by Crippen LogP contribution is -2.35. The Labute approximate surface area is 165 Å². The first kappa shape index (κ1) is 19.5. The van der Waals surface area contributed by atoms with Crippen molar-refractivity contribution in [3.8, 4) is 0 Å². The van der Waals surface area contributed by atoms with Crippen LogP contribution < -0.4 is 5.43 Å². The molecule has 1 aliphatic heterocycles. The van der Waals surface area contributed by atoms with Gasteiger partial charge in [0, 0.05) is 24.5 Å². The zero-order valence-electron chi connectivity index (χ0n) is 14.4. The minimum atomic E-state index is -1.42. The highest BCUT2D eigenvalue weighted by atomic mass is 35.5. The van der Waals surface area contributed by atoms with E-state index in [1.165, 1.54) is 11.3 Å². The molecule has 0 amide bonds. The van der Waals surface area contributed by atoms with E-state index < -0.39 is 17.5 Å². The van der Waals surface area contributed by atoms with Gasteiger partial charge in [0.1, 0.15) is 4.34 Å². The van der Waals surface area contributed by atoms with Crippen LogP contribution in [0.25, 0.3) is 0 Å². The molecule has 0 radical (unpaired) electrons. The molecular weight excluding hydrogens is 390 g/mol. The summed E-state index contributed by atoms with van der Waals surface area (Å²) < 4.78 is 5.58. The second-order valence-electron chi connectivity index (χ2n) is 5.86. The first-order valence-electron chi connectivity index (χ1n) is 8.29. The number of nitrogens with one attached hydrogen (secondary N) is 1. The minimum Gasteiger partial charge on any atom is -0.476 e. The van der Waals surface area contributed by atoms with Crippen LogP contribution in [-0.4, -0.2) is 53.8 Å². The number of ketones is 1. The van der Waals surface area contributed by atoms with Crippen LogP contribution in [0.2, 0.25) is 4.34 Å². The van der Waals surface area contributed by atoms with E-state index in [1.54, 1.807) is 30.3 Å². The van der Waals surface area contributed by atoms with E-state index in [9.17, 15) is 14.7 Å². The lowest BCUT2D eigenvalue weighted by molar-refractivity contribution is -0.129. The molecule has 0 bridgehead atoms. The number of hydrogen-bond acceptors (Lipinski definition) is 7. The van der Waals surface area contributed by atoms with Crippen LogP contribution in [0, 0.1) is 0 Å². The van der Waals surface area contributed by atoms with Gasteiger partial charge in [0.05, 0.1) is 24.5 Å². The number of carbonyl (C=O) groups excluding carboxylic acids is 1. The molecule has 1 fully saturated rings. The Hall–Kier alpha value is -2.26. The van der Waals surface area contributed by atoms with Gasteiger partial charge in [-0.1, -0.05) is 29.8 Å². The predicted molar refractivity (Wildman–Crippen MR) is 105 cm³/mol. The molecule has 7 nitrogen and oxygen atoms in total. The Morgan fingerprint density at radius 3 is 2.63 bits per heavy atom. The molecule has 2 heterocycles. The molecule has 0 atom stereocenters. The number of anilines is 1. The highest BCUT2D eigenvalue weighted by Gasteiger charge is 2.26. The monoisotopic (exact) mass is 407 g/mol. The molecule has 2 aromatic rings. The second-order valence-corrected chi connectivity index (χ2v) is 7.60. The van der Waals surface area contributed by atoms with E-state index in [-0.39, 0.29) is 9.90 Å². The number of thiophene rings is 1. The predicted octanol–water partition coefficient (Wildman–Crippen LogP) is 2.97. The topological polar surface area (TPSA) is 91.2 Å². The molecule has 142 valence electrons. The van der Waals surface area contributed by atoms with E-state index in [0.29, 0.717) is 25.4 Å². The fourth-order valence-corrected chi connectivity index (χ4v) is 3.94. The van der Waals surface area contributed by atoms with Crippen LogP contribution in [0.3, 0.4) is 0 Å². The van der Waals surface area contributed by atoms with Gasteiger partial charge in [-0.05, 0) is 18.2 Å². The average molecular weight is 408 g/mol. The van der Waals surface area contributed by atoms with Gasteiger partial charge in [-0.15, -0.1) is 11.3 Å². The van der Waals surface area contributed by atoms with E-state index >= 15 is 0 Å². The molecule has 3 rings (SSSR count). The average Bonchev–Trinajstić information content (AvgIpc) is 3.03. The van der Waals surface area contributed by atoms with Crippen LogP contribution in [0.5, 0.6) is 0 Å². The van der Waals surface area contributed by atoms with E-state index in [2.05, 4.69) is 15.4 Å². The smallest absolute Gasteiger partial charge is 0.360 e. The van der Waals surface area contributed by atoms with Crippen molar-refractivity contribution in [2.24, 2.45) is 5.10 Å². The molecule has 0 aliphatic carbocycles. The third kappa shape index (κ3) is 5.14. The molecule has 0 saturated carbocycles. The fourth-order valence-electron chi connectivity index (χ4n) is 2.59. The minimum absolute atomic E-state index is 0.154. The number of ether oxygens (including phenoxy) is 1. The molecule has 1 saturated heterocycles. The number of rotatable bonds is 7. The van der Waals surface area contributed by atoms with Crippen molar-refractivity contribution in [3.63, 3.8) is 0 Å². The molecule has 0 spiro atoms. The molecule has 1 aromatic heterocycles. The van der Waals surface area contributed by atoms with Gasteiger partial charge in [-0.25, -0.2) is 4.79 Å². The van der Waals surface area contributed by atoms with Crippen LogP contribution in [0.1, 0.15) is 15.2 Å². The maximum atomic E-state index is 12.7. The summed E-state index contributed by atoms with van der Waals surface area (Å²) in [5.41, 5.74) is 2.71. The number of aliphatic carboxylic acids is 1. The molecule has 9 heteroatoms. The van der Waals surface area contributed by atoms with Crippen molar-refractivity contribution in [1.82, 2.24) is 4.90 Å². The van der Waals surface area contributed by atoms with E-state index in [1.807, 2.05) is 6.07 Å². The van der Waals surface area contributed by atoms with Gasteiger partial charge in [-0.3, -0.25) is 15.1 Å². The summed E-state index contributed by atoms with van der Waals surface area (Å²) in [4.78, 5) is 27.3. The quantitative estimate of drug-likeness (QED) is 0.317. The number of carboxylic acid groups (broad SMARTS) is 1. The van der Waals surface area contributed by atoms with E-state index in [4.69, 9.17) is 16.3 Å². The standard InChI is InChI=1S/C18H18ClN3O4S/c19-17-14(10-13(27-17)11-22-6-8-26-9-7-22)16(23)15(18(24)25)21-20-12-4-2-1-3-5-12/h1-5,10,20H,6-9,11H2,(H,24,25)/b21-15-. The molecule has 2 N–H and O–H groups in total. The Kier molecular flexibility index (Phi) is 6.57. The maximum Gasteiger partial charge on any atom is 0.360 e. The van der Waals surface area contributed by atoms with Gasteiger partial charge in [-0.2, -0.15) is 5.10 Å². The summed E-state index contributed by atoms with van der Waals surface area (Å²) in [6.07, 6.45) is 0. The number of nitrogens with zero attached hydrogens (tertiary/aromatic N) is 2. The number of Topliss-reactive ketones (excluding diaryl/α,β-unsaturated/α-hetero) is 1.